The third-order valence-electron chi connectivity index (χ3n) is 5.39. The highest BCUT2D eigenvalue weighted by Gasteiger charge is 2.49. The average molecular weight is 375 g/mol. The van der Waals surface area contributed by atoms with Crippen molar-refractivity contribution in [1.29, 1.82) is 0 Å². The van der Waals surface area contributed by atoms with Gasteiger partial charge in [-0.3, -0.25) is 14.5 Å². The van der Waals surface area contributed by atoms with Gasteiger partial charge in [0.05, 0.1) is 26.8 Å². The van der Waals surface area contributed by atoms with Crippen molar-refractivity contribution in [3.63, 3.8) is 0 Å². The molecule has 0 radical (unpaired) electrons. The van der Waals surface area contributed by atoms with Gasteiger partial charge in [0.1, 0.15) is 11.3 Å². The number of urea groups is 1. The van der Waals surface area contributed by atoms with E-state index in [2.05, 4.69) is 5.32 Å². The predicted molar refractivity (Wildman–Crippen MR) is 96.9 cm³/mol. The van der Waals surface area contributed by atoms with Gasteiger partial charge in [0.15, 0.2) is 0 Å². The molecule has 146 valence electrons. The third-order valence-corrected chi connectivity index (χ3v) is 5.39. The van der Waals surface area contributed by atoms with Crippen LogP contribution in [-0.4, -0.2) is 61.7 Å². The summed E-state index contributed by atoms with van der Waals surface area (Å²) in [4.78, 5) is 40.4. The Morgan fingerprint density at radius 2 is 1.96 bits per heavy atom. The Balaban J connectivity index is 1.69. The molecule has 1 N–H and O–H groups in total. The Morgan fingerprint density at radius 1 is 1.26 bits per heavy atom. The molecule has 0 unspecified atom stereocenters. The molecule has 2 aliphatic heterocycles. The minimum atomic E-state index is -1.13. The summed E-state index contributed by atoms with van der Waals surface area (Å²) in [5.41, 5.74) is -0.456. The molecule has 0 aromatic heterocycles. The lowest BCUT2D eigenvalue weighted by atomic mass is 9.92. The van der Waals surface area contributed by atoms with Crippen molar-refractivity contribution < 1.29 is 23.9 Å². The zero-order valence-electron chi connectivity index (χ0n) is 15.9. The van der Waals surface area contributed by atoms with Gasteiger partial charge in [-0.25, -0.2) is 9.69 Å². The average Bonchev–Trinajstić information content (AvgIpc) is 2.92. The molecule has 2 fully saturated rings. The molecular formula is C19H25N3O5. The molecule has 2 saturated heterocycles. The van der Waals surface area contributed by atoms with Gasteiger partial charge in [0.2, 0.25) is 0 Å². The van der Waals surface area contributed by atoms with Gasteiger partial charge in [0, 0.05) is 13.1 Å². The summed E-state index contributed by atoms with van der Waals surface area (Å²) in [6.45, 7) is 3.17. The zero-order chi connectivity index (χ0) is 19.6. The van der Waals surface area contributed by atoms with E-state index in [1.165, 1.54) is 12.0 Å². The summed E-state index contributed by atoms with van der Waals surface area (Å²) < 4.78 is 10.0. The van der Waals surface area contributed by atoms with Gasteiger partial charge in [-0.2, -0.15) is 0 Å². The second kappa shape index (κ2) is 7.56. The lowest BCUT2D eigenvalue weighted by Crippen LogP contribution is -2.46. The molecule has 8 heteroatoms. The molecule has 0 spiro atoms. The summed E-state index contributed by atoms with van der Waals surface area (Å²) in [5.74, 6) is 0.0154. The molecule has 3 rings (SSSR count). The van der Waals surface area contributed by atoms with Crippen LogP contribution < -0.4 is 10.1 Å². The van der Waals surface area contributed by atoms with Crippen LogP contribution in [0.15, 0.2) is 24.3 Å². The third kappa shape index (κ3) is 3.62. The van der Waals surface area contributed by atoms with Crippen LogP contribution in [0.4, 0.5) is 4.79 Å². The van der Waals surface area contributed by atoms with E-state index in [-0.39, 0.29) is 24.5 Å². The fourth-order valence-electron chi connectivity index (χ4n) is 3.63. The molecule has 1 aromatic carbocycles. The van der Waals surface area contributed by atoms with Crippen molar-refractivity contribution in [1.82, 2.24) is 15.1 Å². The van der Waals surface area contributed by atoms with E-state index < -0.39 is 11.6 Å². The topological polar surface area (TPSA) is 88.2 Å². The van der Waals surface area contributed by atoms with Gasteiger partial charge in [-0.15, -0.1) is 0 Å². The highest BCUT2D eigenvalue weighted by atomic mass is 16.5. The second-order valence-corrected chi connectivity index (χ2v) is 7.08. The van der Waals surface area contributed by atoms with Crippen LogP contribution >= 0.6 is 0 Å². The quantitative estimate of drug-likeness (QED) is 0.617. The van der Waals surface area contributed by atoms with E-state index in [0.717, 1.165) is 0 Å². The number of likely N-dealkylation sites (tertiary alicyclic amines) is 1. The number of carbonyl (C=O) groups excluding carboxylic acids is 3. The lowest BCUT2D eigenvalue weighted by molar-refractivity contribution is -0.147. The maximum absolute atomic E-state index is 13.0. The number of methoxy groups -OCH3 is 2. The monoisotopic (exact) mass is 375 g/mol. The van der Waals surface area contributed by atoms with Crippen LogP contribution in [0, 0.1) is 5.92 Å². The van der Waals surface area contributed by atoms with E-state index >= 15 is 0 Å². The molecule has 2 heterocycles. The van der Waals surface area contributed by atoms with Gasteiger partial charge >= 0.3 is 12.0 Å². The first kappa shape index (κ1) is 19.2. The molecule has 1 aromatic rings. The number of imide groups is 1. The van der Waals surface area contributed by atoms with Gasteiger partial charge in [-0.05, 0) is 37.5 Å². The van der Waals surface area contributed by atoms with Crippen molar-refractivity contribution in [2.45, 2.75) is 25.3 Å². The van der Waals surface area contributed by atoms with Crippen molar-refractivity contribution in [2.75, 3.05) is 34.0 Å². The largest absolute Gasteiger partial charge is 0.497 e. The molecule has 8 nitrogen and oxygen atoms in total. The molecule has 0 saturated carbocycles. The van der Waals surface area contributed by atoms with Crippen molar-refractivity contribution in [3.05, 3.63) is 29.8 Å². The summed E-state index contributed by atoms with van der Waals surface area (Å²) >= 11 is 0. The van der Waals surface area contributed by atoms with Gasteiger partial charge in [-0.1, -0.05) is 12.1 Å². The number of carbonyl (C=O) groups is 3. The number of ether oxygens (including phenoxy) is 2. The normalized spacial score (nSPS) is 24.0. The lowest BCUT2D eigenvalue weighted by Gasteiger charge is -2.32. The van der Waals surface area contributed by atoms with E-state index in [1.54, 1.807) is 38.3 Å². The van der Waals surface area contributed by atoms with Crippen molar-refractivity contribution >= 4 is 17.9 Å². The fourth-order valence-corrected chi connectivity index (χ4v) is 3.63. The van der Waals surface area contributed by atoms with E-state index in [0.29, 0.717) is 37.2 Å². The number of amides is 3. The molecule has 27 heavy (non-hydrogen) atoms. The SMILES string of the molecule is COC(=O)C1CCN(CN2C(=O)N[C@@](C)(c3cccc(OC)c3)C2=O)CC1. The first-order valence-corrected chi connectivity index (χ1v) is 8.98. The van der Waals surface area contributed by atoms with Crippen molar-refractivity contribution in [3.8, 4) is 5.75 Å². The second-order valence-electron chi connectivity index (χ2n) is 7.08. The molecule has 2 aliphatic rings. The van der Waals surface area contributed by atoms with E-state index in [9.17, 15) is 14.4 Å². The number of rotatable bonds is 5. The van der Waals surface area contributed by atoms with Gasteiger partial charge < -0.3 is 14.8 Å². The Labute approximate surface area is 158 Å². The number of nitrogens with one attached hydrogen (secondary N) is 1. The van der Waals surface area contributed by atoms with Crippen LogP contribution in [0.1, 0.15) is 25.3 Å². The zero-order valence-corrected chi connectivity index (χ0v) is 15.9. The molecular weight excluding hydrogens is 350 g/mol. The number of hydrogen-bond acceptors (Lipinski definition) is 6. The summed E-state index contributed by atoms with van der Waals surface area (Å²) in [6.07, 6.45) is 1.31. The first-order chi connectivity index (χ1) is 12.9. The minimum Gasteiger partial charge on any atom is -0.497 e. The fraction of sp³-hybridized carbons (Fsp3) is 0.526. The molecule has 0 bridgehead atoms. The summed E-state index contributed by atoms with van der Waals surface area (Å²) in [7, 11) is 2.95. The van der Waals surface area contributed by atoms with Crippen LogP contribution in [0.2, 0.25) is 0 Å². The van der Waals surface area contributed by atoms with Crippen molar-refractivity contribution in [2.24, 2.45) is 5.92 Å². The Bertz CT molecular complexity index is 745. The van der Waals surface area contributed by atoms with E-state index in [4.69, 9.17) is 9.47 Å². The Morgan fingerprint density at radius 3 is 2.59 bits per heavy atom. The van der Waals surface area contributed by atoms with Crippen LogP contribution in [0.25, 0.3) is 0 Å². The molecule has 0 aliphatic carbocycles. The predicted octanol–water partition coefficient (Wildman–Crippen LogP) is 1.30. The smallest absolute Gasteiger partial charge is 0.326 e. The standard InChI is InChI=1S/C19H25N3O5/c1-19(14-5-4-6-15(11-14)26-2)17(24)22(18(25)20-19)12-21-9-7-13(8-10-21)16(23)27-3/h4-6,11,13H,7-10,12H2,1-3H3,(H,20,25)/t19-/m0/s1. The summed E-state index contributed by atoms with van der Waals surface area (Å²) in [5, 5.41) is 2.80. The Hall–Kier alpha value is -2.61. The van der Waals surface area contributed by atoms with Crippen LogP contribution in [0.3, 0.4) is 0 Å². The number of hydrogen-bond donors (Lipinski definition) is 1. The van der Waals surface area contributed by atoms with Crippen LogP contribution in [-0.2, 0) is 19.9 Å². The van der Waals surface area contributed by atoms with E-state index in [1.807, 2.05) is 4.90 Å². The number of esters is 1. The van der Waals surface area contributed by atoms with Crippen LogP contribution in [0.5, 0.6) is 5.75 Å². The summed E-state index contributed by atoms with van der Waals surface area (Å²) in [6, 6.07) is 6.71. The van der Waals surface area contributed by atoms with Gasteiger partial charge in [0.25, 0.3) is 5.91 Å². The Kier molecular flexibility index (Phi) is 5.36. The number of piperidine rings is 1. The maximum Gasteiger partial charge on any atom is 0.326 e. The number of nitrogens with zero attached hydrogens (tertiary/aromatic N) is 2. The minimum absolute atomic E-state index is 0.114. The highest BCUT2D eigenvalue weighted by molar-refractivity contribution is 6.07. The molecule has 1 atom stereocenters. The first-order valence-electron chi connectivity index (χ1n) is 8.98. The maximum atomic E-state index is 13.0. The number of benzene rings is 1. The molecule has 3 amide bonds. The highest BCUT2D eigenvalue weighted by Crippen LogP contribution is 2.31.